The van der Waals surface area contributed by atoms with Gasteiger partial charge in [-0.15, -0.1) is 0 Å². The minimum Gasteiger partial charge on any atom is -0.339 e. The van der Waals surface area contributed by atoms with Gasteiger partial charge in [0.05, 0.1) is 4.90 Å². The van der Waals surface area contributed by atoms with E-state index in [0.717, 1.165) is 37.9 Å². The Bertz CT molecular complexity index is 1120. The standard InChI is InChI=1S/C26H28N2O3S/c29-26(28-17-15-22(16-18-28)19-21-7-3-1-4-8-21)24-13-11-23(12-14-24)20-27-32(30,31)25-9-5-2-6-10-25/h1-14,22,27H,15-20H2. The Morgan fingerprint density at radius 1 is 0.812 bits per heavy atom. The number of carbonyl (C=O) groups excluding carboxylic acids is 1. The summed E-state index contributed by atoms with van der Waals surface area (Å²) in [5.41, 5.74) is 2.81. The molecule has 166 valence electrons. The minimum absolute atomic E-state index is 0.0413. The molecule has 3 aromatic carbocycles. The molecule has 1 aliphatic rings. The van der Waals surface area contributed by atoms with Gasteiger partial charge in [0, 0.05) is 25.2 Å². The van der Waals surface area contributed by atoms with Crippen LogP contribution in [0.3, 0.4) is 0 Å². The van der Waals surface area contributed by atoms with E-state index in [2.05, 4.69) is 29.0 Å². The first-order valence-electron chi connectivity index (χ1n) is 11.0. The number of hydrogen-bond donors (Lipinski definition) is 1. The number of likely N-dealkylation sites (tertiary alicyclic amines) is 1. The van der Waals surface area contributed by atoms with Gasteiger partial charge < -0.3 is 4.90 Å². The van der Waals surface area contributed by atoms with Gasteiger partial charge in [-0.2, -0.15) is 0 Å². The molecule has 0 aliphatic carbocycles. The lowest BCUT2D eigenvalue weighted by Crippen LogP contribution is -2.38. The minimum atomic E-state index is -3.56. The zero-order valence-corrected chi connectivity index (χ0v) is 18.8. The average molecular weight is 449 g/mol. The highest BCUT2D eigenvalue weighted by Crippen LogP contribution is 2.23. The van der Waals surface area contributed by atoms with Crippen molar-refractivity contribution in [1.82, 2.24) is 9.62 Å². The molecule has 3 aromatic rings. The predicted octanol–water partition coefficient (Wildman–Crippen LogP) is 4.26. The van der Waals surface area contributed by atoms with Crippen LogP contribution in [0.4, 0.5) is 0 Å². The van der Waals surface area contributed by atoms with Crippen molar-refractivity contribution in [2.45, 2.75) is 30.7 Å². The third-order valence-electron chi connectivity index (χ3n) is 5.99. The van der Waals surface area contributed by atoms with Crippen LogP contribution in [0.2, 0.25) is 0 Å². The summed E-state index contributed by atoms with van der Waals surface area (Å²) >= 11 is 0. The van der Waals surface area contributed by atoms with E-state index in [1.54, 1.807) is 42.5 Å². The van der Waals surface area contributed by atoms with E-state index in [4.69, 9.17) is 0 Å². The highest BCUT2D eigenvalue weighted by Gasteiger charge is 2.23. The summed E-state index contributed by atoms with van der Waals surface area (Å²) < 4.78 is 27.3. The second-order valence-corrected chi connectivity index (χ2v) is 10.0. The van der Waals surface area contributed by atoms with Crippen LogP contribution in [-0.2, 0) is 23.0 Å². The van der Waals surface area contributed by atoms with E-state index in [0.29, 0.717) is 11.5 Å². The van der Waals surface area contributed by atoms with Crippen molar-refractivity contribution in [3.05, 3.63) is 102 Å². The number of amides is 1. The number of benzene rings is 3. The topological polar surface area (TPSA) is 66.5 Å². The van der Waals surface area contributed by atoms with Crippen molar-refractivity contribution >= 4 is 15.9 Å². The maximum atomic E-state index is 12.9. The molecule has 1 heterocycles. The summed E-state index contributed by atoms with van der Waals surface area (Å²) in [4.78, 5) is 15.1. The fraction of sp³-hybridized carbons (Fsp3) is 0.269. The smallest absolute Gasteiger partial charge is 0.253 e. The van der Waals surface area contributed by atoms with Crippen molar-refractivity contribution < 1.29 is 13.2 Å². The lowest BCUT2D eigenvalue weighted by molar-refractivity contribution is 0.0690. The summed E-state index contributed by atoms with van der Waals surface area (Å²) in [6, 6.07) is 26.0. The summed E-state index contributed by atoms with van der Waals surface area (Å²) in [5, 5.41) is 0. The van der Waals surface area contributed by atoms with Crippen LogP contribution in [0.1, 0.15) is 34.3 Å². The van der Waals surface area contributed by atoms with E-state index in [9.17, 15) is 13.2 Å². The van der Waals surface area contributed by atoms with Gasteiger partial charge in [0.2, 0.25) is 10.0 Å². The number of piperidine rings is 1. The maximum absolute atomic E-state index is 12.9. The molecular formula is C26H28N2O3S. The zero-order valence-electron chi connectivity index (χ0n) is 18.0. The molecule has 0 radical (unpaired) electrons. The third kappa shape index (κ3) is 5.64. The van der Waals surface area contributed by atoms with E-state index >= 15 is 0 Å². The summed E-state index contributed by atoms with van der Waals surface area (Å²) in [6.45, 7) is 1.72. The van der Waals surface area contributed by atoms with E-state index in [1.807, 2.05) is 23.1 Å². The molecule has 0 spiro atoms. The van der Waals surface area contributed by atoms with Crippen LogP contribution in [0, 0.1) is 5.92 Å². The number of nitrogens with one attached hydrogen (secondary N) is 1. The second kappa shape index (κ2) is 10.1. The van der Waals surface area contributed by atoms with Gasteiger partial charge in [0.15, 0.2) is 0 Å². The summed E-state index contributed by atoms with van der Waals surface area (Å²) in [7, 11) is -3.56. The lowest BCUT2D eigenvalue weighted by atomic mass is 9.90. The Balaban J connectivity index is 1.29. The van der Waals surface area contributed by atoms with Crippen molar-refractivity contribution in [3.8, 4) is 0 Å². The van der Waals surface area contributed by atoms with E-state index in [-0.39, 0.29) is 17.3 Å². The Morgan fingerprint density at radius 3 is 2.03 bits per heavy atom. The quantitative estimate of drug-likeness (QED) is 0.587. The van der Waals surface area contributed by atoms with Crippen LogP contribution in [-0.4, -0.2) is 32.3 Å². The molecule has 5 nitrogen and oxygen atoms in total. The Morgan fingerprint density at radius 2 is 1.41 bits per heavy atom. The normalized spacial score (nSPS) is 14.9. The van der Waals surface area contributed by atoms with Crippen LogP contribution in [0.15, 0.2) is 89.8 Å². The number of rotatable bonds is 7. The predicted molar refractivity (Wildman–Crippen MR) is 126 cm³/mol. The zero-order chi connectivity index (χ0) is 22.4. The second-order valence-electron chi connectivity index (χ2n) is 8.26. The fourth-order valence-corrected chi connectivity index (χ4v) is 5.14. The molecule has 1 amide bonds. The number of nitrogens with zero attached hydrogens (tertiary/aromatic N) is 1. The van der Waals surface area contributed by atoms with Crippen LogP contribution >= 0.6 is 0 Å². The molecule has 0 bridgehead atoms. The van der Waals surface area contributed by atoms with E-state index in [1.165, 1.54) is 5.56 Å². The molecule has 1 fully saturated rings. The Hall–Kier alpha value is -2.96. The molecule has 1 aliphatic heterocycles. The molecule has 4 rings (SSSR count). The van der Waals surface area contributed by atoms with Gasteiger partial charge in [-0.3, -0.25) is 4.79 Å². The van der Waals surface area contributed by atoms with Crippen molar-refractivity contribution in [2.75, 3.05) is 13.1 Å². The van der Waals surface area contributed by atoms with Gasteiger partial charge in [0.25, 0.3) is 5.91 Å². The molecule has 32 heavy (non-hydrogen) atoms. The summed E-state index contributed by atoms with van der Waals surface area (Å²) in [6.07, 6.45) is 3.09. The maximum Gasteiger partial charge on any atom is 0.253 e. The molecule has 0 saturated carbocycles. The van der Waals surface area contributed by atoms with Crippen LogP contribution < -0.4 is 4.72 Å². The highest BCUT2D eigenvalue weighted by atomic mass is 32.2. The number of hydrogen-bond acceptors (Lipinski definition) is 3. The van der Waals surface area contributed by atoms with Crippen molar-refractivity contribution in [3.63, 3.8) is 0 Å². The molecule has 0 aromatic heterocycles. The van der Waals surface area contributed by atoms with Crippen molar-refractivity contribution in [1.29, 1.82) is 0 Å². The number of sulfonamides is 1. The molecular weight excluding hydrogens is 420 g/mol. The lowest BCUT2D eigenvalue weighted by Gasteiger charge is -2.32. The molecule has 0 atom stereocenters. The number of carbonyl (C=O) groups is 1. The molecule has 6 heteroatoms. The first-order chi connectivity index (χ1) is 15.5. The van der Waals surface area contributed by atoms with Gasteiger partial charge in [-0.05, 0) is 60.6 Å². The van der Waals surface area contributed by atoms with Gasteiger partial charge in [-0.1, -0.05) is 60.7 Å². The van der Waals surface area contributed by atoms with Gasteiger partial charge in [0.1, 0.15) is 0 Å². The van der Waals surface area contributed by atoms with Gasteiger partial charge in [-0.25, -0.2) is 13.1 Å². The monoisotopic (exact) mass is 448 g/mol. The van der Waals surface area contributed by atoms with E-state index < -0.39 is 10.0 Å². The Kier molecular flexibility index (Phi) is 7.02. The Labute approximate surface area is 190 Å². The molecule has 1 saturated heterocycles. The first kappa shape index (κ1) is 22.2. The largest absolute Gasteiger partial charge is 0.339 e. The highest BCUT2D eigenvalue weighted by molar-refractivity contribution is 7.89. The van der Waals surface area contributed by atoms with Crippen LogP contribution in [0.25, 0.3) is 0 Å². The first-order valence-corrected chi connectivity index (χ1v) is 12.5. The fourth-order valence-electron chi connectivity index (χ4n) is 4.10. The van der Waals surface area contributed by atoms with Crippen molar-refractivity contribution in [2.24, 2.45) is 5.92 Å². The molecule has 1 N–H and O–H groups in total. The molecule has 0 unspecified atom stereocenters. The third-order valence-corrected chi connectivity index (χ3v) is 7.41. The van der Waals surface area contributed by atoms with Gasteiger partial charge >= 0.3 is 0 Å². The summed E-state index contributed by atoms with van der Waals surface area (Å²) in [5.74, 6) is 0.654. The van der Waals surface area contributed by atoms with Crippen LogP contribution in [0.5, 0.6) is 0 Å². The SMILES string of the molecule is O=C(c1ccc(CNS(=O)(=O)c2ccccc2)cc1)N1CCC(Cc2ccccc2)CC1. The average Bonchev–Trinajstić information content (AvgIpc) is 2.84.